The van der Waals surface area contributed by atoms with Gasteiger partial charge in [-0.2, -0.15) is 4.98 Å². The van der Waals surface area contributed by atoms with E-state index < -0.39 is 0 Å². The zero-order chi connectivity index (χ0) is 18.5. The van der Waals surface area contributed by atoms with Gasteiger partial charge in [-0.25, -0.2) is 0 Å². The molecule has 0 aliphatic carbocycles. The fourth-order valence-electron chi connectivity index (χ4n) is 2.36. The molecule has 1 heterocycles. The third kappa shape index (κ3) is 3.83. The Morgan fingerprint density at radius 3 is 2.54 bits per heavy atom. The molecule has 7 nitrogen and oxygen atoms in total. The Labute approximate surface area is 155 Å². The third-order valence-corrected chi connectivity index (χ3v) is 4.04. The molecular weight excluding hydrogens is 358 g/mol. The van der Waals surface area contributed by atoms with Crippen LogP contribution in [0.5, 0.6) is 17.2 Å². The van der Waals surface area contributed by atoms with Crippen LogP contribution in [0.15, 0.2) is 40.9 Å². The highest BCUT2D eigenvalue weighted by molar-refractivity contribution is 6.33. The standard InChI is InChI=1S/C18H18ClN3O4/c1-23-12-5-6-13(19)14(9-12)20-10-17-21-18(22-26-17)11-4-7-15(24-2)16(8-11)25-3/h4-9,20H,10H2,1-3H3. The van der Waals surface area contributed by atoms with Crippen molar-refractivity contribution >= 4 is 17.3 Å². The van der Waals surface area contributed by atoms with E-state index in [1.807, 2.05) is 6.07 Å². The quantitative estimate of drug-likeness (QED) is 0.667. The zero-order valence-corrected chi connectivity index (χ0v) is 15.3. The number of aromatic nitrogens is 2. The number of hydrogen-bond acceptors (Lipinski definition) is 7. The van der Waals surface area contributed by atoms with E-state index in [0.29, 0.717) is 40.5 Å². The average Bonchev–Trinajstić information content (AvgIpc) is 3.15. The molecule has 0 amide bonds. The molecule has 0 saturated carbocycles. The number of nitrogens with one attached hydrogen (secondary N) is 1. The van der Waals surface area contributed by atoms with Crippen molar-refractivity contribution in [2.24, 2.45) is 0 Å². The normalized spacial score (nSPS) is 10.5. The summed E-state index contributed by atoms with van der Waals surface area (Å²) in [5.41, 5.74) is 1.48. The molecule has 1 N–H and O–H groups in total. The Hall–Kier alpha value is -2.93. The molecule has 2 aromatic carbocycles. The van der Waals surface area contributed by atoms with Crippen molar-refractivity contribution in [1.29, 1.82) is 0 Å². The summed E-state index contributed by atoms with van der Waals surface area (Å²) in [6.07, 6.45) is 0. The van der Waals surface area contributed by atoms with E-state index in [2.05, 4.69) is 15.5 Å². The summed E-state index contributed by atoms with van der Waals surface area (Å²) in [6.45, 7) is 0.327. The first-order valence-electron chi connectivity index (χ1n) is 7.77. The summed E-state index contributed by atoms with van der Waals surface area (Å²) < 4.78 is 21.0. The Morgan fingerprint density at radius 2 is 1.81 bits per heavy atom. The first-order chi connectivity index (χ1) is 12.6. The van der Waals surface area contributed by atoms with Crippen molar-refractivity contribution in [3.63, 3.8) is 0 Å². The molecule has 136 valence electrons. The van der Waals surface area contributed by atoms with Crippen LogP contribution in [0, 0.1) is 0 Å². The molecule has 0 unspecified atom stereocenters. The molecule has 26 heavy (non-hydrogen) atoms. The highest BCUT2D eigenvalue weighted by atomic mass is 35.5. The summed E-state index contributed by atoms with van der Waals surface area (Å²) in [6, 6.07) is 10.8. The predicted octanol–water partition coefficient (Wildman–Crippen LogP) is 4.03. The smallest absolute Gasteiger partial charge is 0.246 e. The van der Waals surface area contributed by atoms with Gasteiger partial charge < -0.3 is 24.1 Å². The average molecular weight is 376 g/mol. The Bertz CT molecular complexity index is 898. The number of ether oxygens (including phenoxy) is 3. The highest BCUT2D eigenvalue weighted by Gasteiger charge is 2.12. The van der Waals surface area contributed by atoms with Crippen LogP contribution in [0.1, 0.15) is 5.89 Å². The lowest BCUT2D eigenvalue weighted by atomic mass is 10.2. The third-order valence-electron chi connectivity index (χ3n) is 3.71. The molecule has 0 spiro atoms. The fourth-order valence-corrected chi connectivity index (χ4v) is 2.54. The number of nitrogens with zero attached hydrogens (tertiary/aromatic N) is 2. The fraction of sp³-hybridized carbons (Fsp3) is 0.222. The predicted molar refractivity (Wildman–Crippen MR) is 98.2 cm³/mol. The second-order valence-corrected chi connectivity index (χ2v) is 5.69. The Morgan fingerprint density at radius 1 is 1.00 bits per heavy atom. The lowest BCUT2D eigenvalue weighted by Crippen LogP contribution is -2.00. The van der Waals surface area contributed by atoms with E-state index in [-0.39, 0.29) is 0 Å². The molecule has 1 aromatic heterocycles. The van der Waals surface area contributed by atoms with E-state index in [1.165, 1.54) is 0 Å². The van der Waals surface area contributed by atoms with Crippen LogP contribution >= 0.6 is 11.6 Å². The van der Waals surface area contributed by atoms with E-state index >= 15 is 0 Å². The van der Waals surface area contributed by atoms with Crippen molar-refractivity contribution < 1.29 is 18.7 Å². The maximum Gasteiger partial charge on any atom is 0.246 e. The first kappa shape index (κ1) is 17.9. The minimum absolute atomic E-state index is 0.327. The van der Waals surface area contributed by atoms with Gasteiger partial charge in [0.05, 0.1) is 38.6 Å². The van der Waals surface area contributed by atoms with Crippen molar-refractivity contribution in [3.05, 3.63) is 47.3 Å². The molecule has 0 aliphatic heterocycles. The van der Waals surface area contributed by atoms with E-state index in [1.54, 1.807) is 51.7 Å². The van der Waals surface area contributed by atoms with E-state index in [9.17, 15) is 0 Å². The van der Waals surface area contributed by atoms with E-state index in [0.717, 1.165) is 11.3 Å². The topological polar surface area (TPSA) is 78.6 Å². The Kier molecular flexibility index (Phi) is 5.48. The number of rotatable bonds is 7. The molecule has 8 heteroatoms. The lowest BCUT2D eigenvalue weighted by Gasteiger charge is -2.08. The largest absolute Gasteiger partial charge is 0.497 e. The number of halogens is 1. The van der Waals surface area contributed by atoms with Crippen molar-refractivity contribution in [3.8, 4) is 28.6 Å². The maximum atomic E-state index is 6.17. The van der Waals surface area contributed by atoms with Crippen molar-refractivity contribution in [2.45, 2.75) is 6.54 Å². The zero-order valence-electron chi connectivity index (χ0n) is 14.6. The van der Waals surface area contributed by atoms with Crippen molar-refractivity contribution in [2.75, 3.05) is 26.6 Å². The van der Waals surface area contributed by atoms with Gasteiger partial charge in [0.1, 0.15) is 5.75 Å². The maximum absolute atomic E-state index is 6.17. The van der Waals surface area contributed by atoms with Crippen LogP contribution < -0.4 is 19.5 Å². The molecule has 3 aromatic rings. The van der Waals surface area contributed by atoms with Crippen LogP contribution in [-0.4, -0.2) is 31.5 Å². The van der Waals surface area contributed by atoms with Gasteiger partial charge in [0, 0.05) is 11.6 Å². The molecule has 3 rings (SSSR count). The van der Waals surface area contributed by atoms with Gasteiger partial charge in [0.15, 0.2) is 11.5 Å². The number of hydrogen-bond donors (Lipinski definition) is 1. The molecule has 0 fully saturated rings. The van der Waals surface area contributed by atoms with E-state index in [4.69, 9.17) is 30.3 Å². The first-order valence-corrected chi connectivity index (χ1v) is 8.14. The van der Waals surface area contributed by atoms with Gasteiger partial charge in [-0.05, 0) is 30.3 Å². The number of anilines is 1. The van der Waals surface area contributed by atoms with Crippen LogP contribution in [0.25, 0.3) is 11.4 Å². The Balaban J connectivity index is 1.74. The van der Waals surface area contributed by atoms with Crippen molar-refractivity contribution in [1.82, 2.24) is 10.1 Å². The van der Waals surface area contributed by atoms with Crippen LogP contribution in [-0.2, 0) is 6.54 Å². The van der Waals surface area contributed by atoms with Gasteiger partial charge in [0.25, 0.3) is 0 Å². The molecular formula is C18H18ClN3O4. The van der Waals surface area contributed by atoms with Crippen LogP contribution in [0.3, 0.4) is 0 Å². The van der Waals surface area contributed by atoms with Crippen LogP contribution in [0.2, 0.25) is 5.02 Å². The highest BCUT2D eigenvalue weighted by Crippen LogP contribution is 2.31. The second-order valence-electron chi connectivity index (χ2n) is 5.28. The lowest BCUT2D eigenvalue weighted by molar-refractivity contribution is 0.355. The molecule has 0 radical (unpaired) electrons. The number of benzene rings is 2. The van der Waals surface area contributed by atoms with Crippen LogP contribution in [0.4, 0.5) is 5.69 Å². The van der Waals surface area contributed by atoms with Gasteiger partial charge in [-0.3, -0.25) is 0 Å². The molecule has 0 aliphatic rings. The summed E-state index contributed by atoms with van der Waals surface area (Å²) in [4.78, 5) is 4.39. The summed E-state index contributed by atoms with van der Waals surface area (Å²) in [5.74, 6) is 2.81. The number of methoxy groups -OCH3 is 3. The van der Waals surface area contributed by atoms with Gasteiger partial charge in [0.2, 0.25) is 11.7 Å². The second kappa shape index (κ2) is 7.97. The summed E-state index contributed by atoms with van der Waals surface area (Å²) in [7, 11) is 4.75. The summed E-state index contributed by atoms with van der Waals surface area (Å²) >= 11 is 6.17. The summed E-state index contributed by atoms with van der Waals surface area (Å²) in [5, 5.41) is 7.74. The molecule has 0 bridgehead atoms. The molecule has 0 saturated heterocycles. The van der Waals surface area contributed by atoms with Gasteiger partial charge in [-0.15, -0.1) is 0 Å². The van der Waals surface area contributed by atoms with Gasteiger partial charge >= 0.3 is 0 Å². The van der Waals surface area contributed by atoms with Gasteiger partial charge in [-0.1, -0.05) is 16.8 Å². The monoisotopic (exact) mass is 375 g/mol. The molecule has 0 atom stereocenters. The minimum Gasteiger partial charge on any atom is -0.497 e. The minimum atomic E-state index is 0.327. The SMILES string of the molecule is COc1ccc(Cl)c(NCc2nc(-c3ccc(OC)c(OC)c3)no2)c1.